The number of methoxy groups -OCH3 is 1. The molecule has 0 bridgehead atoms. The Labute approximate surface area is 91.8 Å². The standard InChI is InChI=1S/C11H22N2O2/c1-15-7-6-13-11(14)9-12-8-10-4-2-3-5-10/h10,12H,2-9H2,1H3,(H,13,14). The van der Waals surface area contributed by atoms with E-state index in [1.54, 1.807) is 7.11 Å². The minimum absolute atomic E-state index is 0.0602. The smallest absolute Gasteiger partial charge is 0.234 e. The van der Waals surface area contributed by atoms with Gasteiger partial charge in [-0.1, -0.05) is 12.8 Å². The van der Waals surface area contributed by atoms with E-state index in [0.717, 1.165) is 12.5 Å². The second kappa shape index (κ2) is 7.65. The molecule has 1 aliphatic rings. The van der Waals surface area contributed by atoms with Gasteiger partial charge in [0.15, 0.2) is 0 Å². The Morgan fingerprint density at radius 2 is 2.13 bits per heavy atom. The Balaban J connectivity index is 1.91. The van der Waals surface area contributed by atoms with Crippen LogP contribution in [0.1, 0.15) is 25.7 Å². The Morgan fingerprint density at radius 3 is 2.80 bits per heavy atom. The van der Waals surface area contributed by atoms with Gasteiger partial charge >= 0.3 is 0 Å². The fourth-order valence-electron chi connectivity index (χ4n) is 1.96. The van der Waals surface area contributed by atoms with Crippen molar-refractivity contribution in [3.8, 4) is 0 Å². The minimum Gasteiger partial charge on any atom is -0.383 e. The predicted molar refractivity (Wildman–Crippen MR) is 59.7 cm³/mol. The van der Waals surface area contributed by atoms with Crippen molar-refractivity contribution in [3.63, 3.8) is 0 Å². The summed E-state index contributed by atoms with van der Waals surface area (Å²) in [7, 11) is 1.63. The SMILES string of the molecule is COCCNC(=O)CNCC1CCCC1. The molecule has 0 spiro atoms. The van der Waals surface area contributed by atoms with Crippen LogP contribution in [-0.4, -0.2) is 39.3 Å². The molecule has 2 N–H and O–H groups in total. The van der Waals surface area contributed by atoms with Crippen LogP contribution >= 0.6 is 0 Å². The maximum Gasteiger partial charge on any atom is 0.234 e. The van der Waals surface area contributed by atoms with Gasteiger partial charge in [0.1, 0.15) is 0 Å². The lowest BCUT2D eigenvalue weighted by atomic mass is 10.1. The first kappa shape index (κ1) is 12.5. The van der Waals surface area contributed by atoms with Gasteiger partial charge in [-0.15, -0.1) is 0 Å². The van der Waals surface area contributed by atoms with E-state index >= 15 is 0 Å². The van der Waals surface area contributed by atoms with Crippen LogP contribution in [0.3, 0.4) is 0 Å². The van der Waals surface area contributed by atoms with Gasteiger partial charge in [-0.25, -0.2) is 0 Å². The van der Waals surface area contributed by atoms with Crippen molar-refractivity contribution in [2.75, 3.05) is 33.4 Å². The third-order valence-corrected chi connectivity index (χ3v) is 2.82. The van der Waals surface area contributed by atoms with Crippen LogP contribution < -0.4 is 10.6 Å². The summed E-state index contributed by atoms with van der Waals surface area (Å²) in [6, 6.07) is 0. The highest BCUT2D eigenvalue weighted by atomic mass is 16.5. The third kappa shape index (κ3) is 5.74. The fourth-order valence-corrected chi connectivity index (χ4v) is 1.96. The molecule has 15 heavy (non-hydrogen) atoms. The molecular weight excluding hydrogens is 192 g/mol. The Bertz CT molecular complexity index is 179. The van der Waals surface area contributed by atoms with Crippen molar-refractivity contribution < 1.29 is 9.53 Å². The van der Waals surface area contributed by atoms with Gasteiger partial charge in [-0.05, 0) is 25.3 Å². The lowest BCUT2D eigenvalue weighted by molar-refractivity contribution is -0.120. The normalized spacial score (nSPS) is 16.9. The summed E-state index contributed by atoms with van der Waals surface area (Å²) in [6.45, 7) is 2.59. The van der Waals surface area contributed by atoms with E-state index in [1.807, 2.05) is 0 Å². The highest BCUT2D eigenvalue weighted by Gasteiger charge is 2.14. The van der Waals surface area contributed by atoms with E-state index in [0.29, 0.717) is 19.7 Å². The second-order valence-electron chi connectivity index (χ2n) is 4.12. The lowest BCUT2D eigenvalue weighted by Crippen LogP contribution is -2.37. The van der Waals surface area contributed by atoms with Crippen LogP contribution in [0.15, 0.2) is 0 Å². The molecule has 1 rings (SSSR count). The van der Waals surface area contributed by atoms with E-state index in [9.17, 15) is 4.79 Å². The number of rotatable bonds is 7. The molecule has 1 aliphatic carbocycles. The van der Waals surface area contributed by atoms with Crippen LogP contribution in [0, 0.1) is 5.92 Å². The maximum absolute atomic E-state index is 11.3. The van der Waals surface area contributed by atoms with E-state index in [-0.39, 0.29) is 5.91 Å². The second-order valence-corrected chi connectivity index (χ2v) is 4.12. The highest BCUT2D eigenvalue weighted by molar-refractivity contribution is 5.77. The summed E-state index contributed by atoms with van der Waals surface area (Å²) in [4.78, 5) is 11.3. The number of hydrogen-bond donors (Lipinski definition) is 2. The van der Waals surface area contributed by atoms with Gasteiger partial charge in [0, 0.05) is 13.7 Å². The van der Waals surface area contributed by atoms with Gasteiger partial charge in [0.05, 0.1) is 13.2 Å². The summed E-state index contributed by atoms with van der Waals surface area (Å²) < 4.78 is 4.84. The number of amides is 1. The minimum atomic E-state index is 0.0602. The summed E-state index contributed by atoms with van der Waals surface area (Å²) in [6.07, 6.45) is 5.34. The van der Waals surface area contributed by atoms with Crippen molar-refractivity contribution in [2.24, 2.45) is 5.92 Å². The molecule has 0 atom stereocenters. The molecule has 0 heterocycles. The van der Waals surface area contributed by atoms with Gasteiger partial charge in [-0.3, -0.25) is 4.79 Å². The van der Waals surface area contributed by atoms with Crippen molar-refractivity contribution in [2.45, 2.75) is 25.7 Å². The summed E-state index contributed by atoms with van der Waals surface area (Å²) in [5.41, 5.74) is 0. The molecule has 0 aromatic carbocycles. The zero-order valence-electron chi connectivity index (χ0n) is 9.55. The van der Waals surface area contributed by atoms with Crippen LogP contribution in [0.25, 0.3) is 0 Å². The Morgan fingerprint density at radius 1 is 1.40 bits per heavy atom. The quantitative estimate of drug-likeness (QED) is 0.608. The zero-order valence-corrected chi connectivity index (χ0v) is 9.55. The molecule has 0 saturated heterocycles. The molecule has 0 unspecified atom stereocenters. The first-order valence-electron chi connectivity index (χ1n) is 5.79. The van der Waals surface area contributed by atoms with Crippen LogP contribution in [-0.2, 0) is 9.53 Å². The molecule has 1 amide bonds. The molecule has 0 aromatic rings. The van der Waals surface area contributed by atoms with Gasteiger partial charge in [0.25, 0.3) is 0 Å². The van der Waals surface area contributed by atoms with Crippen molar-refractivity contribution in [3.05, 3.63) is 0 Å². The summed E-state index contributed by atoms with van der Waals surface area (Å²) in [5, 5.41) is 5.98. The number of carbonyl (C=O) groups is 1. The average Bonchev–Trinajstić information content (AvgIpc) is 2.71. The van der Waals surface area contributed by atoms with Gasteiger partial charge in [-0.2, -0.15) is 0 Å². The molecule has 88 valence electrons. The zero-order chi connectivity index (χ0) is 10.9. The monoisotopic (exact) mass is 214 g/mol. The topological polar surface area (TPSA) is 50.4 Å². The van der Waals surface area contributed by atoms with Gasteiger partial charge < -0.3 is 15.4 Å². The number of carbonyl (C=O) groups excluding carboxylic acids is 1. The van der Waals surface area contributed by atoms with Crippen molar-refractivity contribution >= 4 is 5.91 Å². The fraction of sp³-hybridized carbons (Fsp3) is 0.909. The van der Waals surface area contributed by atoms with Crippen molar-refractivity contribution in [1.82, 2.24) is 10.6 Å². The lowest BCUT2D eigenvalue weighted by Gasteiger charge is -2.10. The first-order valence-corrected chi connectivity index (χ1v) is 5.79. The van der Waals surface area contributed by atoms with Crippen LogP contribution in [0.5, 0.6) is 0 Å². The molecule has 0 aliphatic heterocycles. The average molecular weight is 214 g/mol. The molecule has 4 nitrogen and oxygen atoms in total. The molecule has 1 saturated carbocycles. The third-order valence-electron chi connectivity index (χ3n) is 2.82. The van der Waals surface area contributed by atoms with E-state index < -0.39 is 0 Å². The maximum atomic E-state index is 11.3. The Kier molecular flexibility index (Phi) is 6.36. The summed E-state index contributed by atoms with van der Waals surface area (Å²) in [5.74, 6) is 0.849. The molecule has 0 radical (unpaired) electrons. The molecular formula is C11H22N2O2. The summed E-state index contributed by atoms with van der Waals surface area (Å²) >= 11 is 0. The Hall–Kier alpha value is -0.610. The molecule has 0 aromatic heterocycles. The van der Waals surface area contributed by atoms with E-state index in [1.165, 1.54) is 25.7 Å². The number of ether oxygens (including phenoxy) is 1. The van der Waals surface area contributed by atoms with Crippen LogP contribution in [0.4, 0.5) is 0 Å². The van der Waals surface area contributed by atoms with E-state index in [4.69, 9.17) is 4.74 Å². The van der Waals surface area contributed by atoms with Gasteiger partial charge in [0.2, 0.25) is 5.91 Å². The van der Waals surface area contributed by atoms with Crippen molar-refractivity contribution in [1.29, 1.82) is 0 Å². The predicted octanol–water partition coefficient (Wildman–Crippen LogP) is 0.529. The van der Waals surface area contributed by atoms with E-state index in [2.05, 4.69) is 10.6 Å². The number of nitrogens with one attached hydrogen (secondary N) is 2. The highest BCUT2D eigenvalue weighted by Crippen LogP contribution is 2.23. The largest absolute Gasteiger partial charge is 0.383 e. The molecule has 4 heteroatoms. The van der Waals surface area contributed by atoms with Crippen LogP contribution in [0.2, 0.25) is 0 Å². The molecule has 1 fully saturated rings. The number of hydrogen-bond acceptors (Lipinski definition) is 3. The first-order chi connectivity index (χ1) is 7.33.